The van der Waals surface area contributed by atoms with Crippen molar-refractivity contribution in [2.24, 2.45) is 11.1 Å². The Balaban J connectivity index is 1.38. The van der Waals surface area contributed by atoms with Crippen molar-refractivity contribution in [1.82, 2.24) is 4.90 Å². The van der Waals surface area contributed by atoms with Gasteiger partial charge in [0.05, 0.1) is 18.8 Å². The fourth-order valence-corrected chi connectivity index (χ4v) is 7.20. The third-order valence-corrected chi connectivity index (χ3v) is 9.94. The zero-order chi connectivity index (χ0) is 28.3. The van der Waals surface area contributed by atoms with Crippen molar-refractivity contribution < 1.29 is 24.0 Å². The first-order valence-corrected chi connectivity index (χ1v) is 16.3. The molecule has 7 nitrogen and oxygen atoms in total. The van der Waals surface area contributed by atoms with Crippen LogP contribution in [0.3, 0.4) is 0 Å². The molecule has 4 atom stereocenters. The van der Waals surface area contributed by atoms with Crippen LogP contribution in [0.25, 0.3) is 0 Å². The Morgan fingerprint density at radius 3 is 2.46 bits per heavy atom. The Bertz CT molecular complexity index is 968. The Morgan fingerprint density at radius 2 is 1.79 bits per heavy atom. The number of phenols is 1. The van der Waals surface area contributed by atoms with Gasteiger partial charge < -0.3 is 25.6 Å². The first-order valence-electron chi connectivity index (χ1n) is 14.8. The second kappa shape index (κ2) is 15.3. The molecule has 1 fully saturated rings. The summed E-state index contributed by atoms with van der Waals surface area (Å²) in [4.78, 5) is 13.9. The zero-order valence-corrected chi connectivity index (χ0v) is 24.9. The summed E-state index contributed by atoms with van der Waals surface area (Å²) in [6.45, 7) is 3.48. The molecule has 220 valence electrons. The van der Waals surface area contributed by atoms with E-state index in [2.05, 4.69) is 13.0 Å². The van der Waals surface area contributed by atoms with E-state index in [4.69, 9.17) is 10.5 Å². The van der Waals surface area contributed by atoms with Gasteiger partial charge in [-0.3, -0.25) is 9.00 Å². The second-order valence-electron chi connectivity index (χ2n) is 11.7. The van der Waals surface area contributed by atoms with Crippen molar-refractivity contribution in [3.05, 3.63) is 41.5 Å². The highest BCUT2D eigenvalue weighted by molar-refractivity contribution is 7.84. The van der Waals surface area contributed by atoms with E-state index in [1.165, 1.54) is 5.57 Å². The van der Waals surface area contributed by atoms with Crippen molar-refractivity contribution in [1.29, 1.82) is 0 Å². The highest BCUT2D eigenvalue weighted by atomic mass is 32.2. The van der Waals surface area contributed by atoms with Gasteiger partial charge in [0.2, 0.25) is 5.91 Å². The largest absolute Gasteiger partial charge is 0.508 e. The molecular weight excluding hydrogens is 512 g/mol. The minimum Gasteiger partial charge on any atom is -0.508 e. The van der Waals surface area contributed by atoms with Gasteiger partial charge in [-0.15, -0.1) is 0 Å². The SMILES string of the molecule is CCCCN(C)C(=O)CCCCCS(=O)CCCCCC1=CCC2(CO)COC(c3ccc(O)cc3)C1(N)C2. The molecule has 1 saturated heterocycles. The number of rotatable bonds is 17. The Hall–Kier alpha value is -1.74. The van der Waals surface area contributed by atoms with Crippen LogP contribution in [-0.2, 0) is 20.3 Å². The van der Waals surface area contributed by atoms with Gasteiger partial charge in [-0.1, -0.05) is 50.0 Å². The first kappa shape index (κ1) is 31.8. The number of hydrogen-bond acceptors (Lipinski definition) is 6. The van der Waals surface area contributed by atoms with E-state index in [1.54, 1.807) is 12.1 Å². The summed E-state index contributed by atoms with van der Waals surface area (Å²) in [6.07, 6.45) is 12.6. The molecule has 4 N–H and O–H groups in total. The van der Waals surface area contributed by atoms with Crippen LogP contribution >= 0.6 is 0 Å². The van der Waals surface area contributed by atoms with Gasteiger partial charge >= 0.3 is 0 Å². The summed E-state index contributed by atoms with van der Waals surface area (Å²) in [7, 11) is 1.07. The second-order valence-corrected chi connectivity index (χ2v) is 13.4. The van der Waals surface area contributed by atoms with E-state index in [0.29, 0.717) is 25.2 Å². The summed E-state index contributed by atoms with van der Waals surface area (Å²) >= 11 is 0. The van der Waals surface area contributed by atoms with Crippen LogP contribution in [0.4, 0.5) is 0 Å². The maximum Gasteiger partial charge on any atom is 0.222 e. The Labute approximate surface area is 237 Å². The smallest absolute Gasteiger partial charge is 0.222 e. The molecule has 2 aliphatic rings. The number of benzene rings is 1. The molecule has 0 radical (unpaired) electrons. The number of fused-ring (bicyclic) bond motifs is 2. The molecule has 1 aliphatic carbocycles. The van der Waals surface area contributed by atoms with Gasteiger partial charge in [0, 0.05) is 47.7 Å². The number of ether oxygens (including phenoxy) is 1. The molecule has 8 heteroatoms. The maximum atomic E-state index is 12.5. The van der Waals surface area contributed by atoms with Gasteiger partial charge in [-0.2, -0.15) is 0 Å². The molecule has 1 aliphatic heterocycles. The average molecular weight is 563 g/mol. The number of nitrogens with two attached hydrogens (primary N) is 1. The number of carbonyl (C=O) groups excluding carboxylic acids is 1. The van der Waals surface area contributed by atoms with Crippen LogP contribution in [0, 0.1) is 5.41 Å². The maximum absolute atomic E-state index is 12.5. The lowest BCUT2D eigenvalue weighted by molar-refractivity contribution is -0.130. The van der Waals surface area contributed by atoms with Crippen molar-refractivity contribution in [2.75, 3.05) is 38.3 Å². The van der Waals surface area contributed by atoms with E-state index < -0.39 is 16.3 Å². The van der Waals surface area contributed by atoms with E-state index in [0.717, 1.165) is 82.1 Å². The summed E-state index contributed by atoms with van der Waals surface area (Å²) in [5.41, 5.74) is 8.18. The van der Waals surface area contributed by atoms with Gasteiger partial charge in [-0.25, -0.2) is 0 Å². The number of hydrogen-bond donors (Lipinski definition) is 3. The molecule has 39 heavy (non-hydrogen) atoms. The molecule has 1 aromatic carbocycles. The van der Waals surface area contributed by atoms with Crippen LogP contribution in [0.2, 0.25) is 0 Å². The quantitative estimate of drug-likeness (QED) is 0.182. The summed E-state index contributed by atoms with van der Waals surface area (Å²) < 4.78 is 18.7. The zero-order valence-electron chi connectivity index (χ0n) is 24.0. The lowest BCUT2D eigenvalue weighted by Gasteiger charge is -2.53. The van der Waals surface area contributed by atoms with Crippen LogP contribution in [0.5, 0.6) is 5.75 Å². The molecule has 1 amide bonds. The minimum absolute atomic E-state index is 0.0517. The number of unbranched alkanes of at least 4 members (excludes halogenated alkanes) is 5. The van der Waals surface area contributed by atoms with Crippen molar-refractivity contribution in [2.45, 2.75) is 95.6 Å². The number of carbonyl (C=O) groups is 1. The monoisotopic (exact) mass is 562 g/mol. The fourth-order valence-electron chi connectivity index (χ4n) is 5.94. The van der Waals surface area contributed by atoms with E-state index >= 15 is 0 Å². The molecule has 3 rings (SSSR count). The number of aliphatic hydroxyl groups excluding tert-OH is 1. The molecule has 2 bridgehead atoms. The highest BCUT2D eigenvalue weighted by Gasteiger charge is 2.53. The summed E-state index contributed by atoms with van der Waals surface area (Å²) in [5.74, 6) is 1.86. The molecule has 1 aromatic rings. The predicted molar refractivity (Wildman–Crippen MR) is 158 cm³/mol. The third kappa shape index (κ3) is 8.87. The molecule has 0 spiro atoms. The Kier molecular flexibility index (Phi) is 12.5. The van der Waals surface area contributed by atoms with E-state index in [-0.39, 0.29) is 29.8 Å². The molecular formula is C31H50N2O5S. The predicted octanol–water partition coefficient (Wildman–Crippen LogP) is 4.99. The molecule has 1 heterocycles. The number of amides is 1. The molecule has 0 saturated carbocycles. The normalized spacial score (nSPS) is 25.2. The number of nitrogens with zero attached hydrogens (tertiary/aromatic N) is 1. The van der Waals surface area contributed by atoms with Crippen molar-refractivity contribution >= 4 is 16.7 Å². The average Bonchev–Trinajstić information content (AvgIpc) is 2.93. The van der Waals surface area contributed by atoms with E-state index in [1.807, 2.05) is 24.1 Å². The van der Waals surface area contributed by atoms with Crippen LogP contribution in [-0.4, -0.2) is 69.1 Å². The van der Waals surface area contributed by atoms with Crippen molar-refractivity contribution in [3.8, 4) is 5.75 Å². The first-order chi connectivity index (χ1) is 18.7. The number of phenolic OH excluding ortho intramolecular Hbond substituents is 1. The summed E-state index contributed by atoms with van der Waals surface area (Å²) in [5, 5.41) is 19.8. The summed E-state index contributed by atoms with van der Waals surface area (Å²) in [6, 6.07) is 7.06. The highest BCUT2D eigenvalue weighted by Crippen LogP contribution is 2.52. The number of aliphatic hydroxyl groups is 1. The van der Waals surface area contributed by atoms with E-state index in [9.17, 15) is 19.2 Å². The standard InChI is InChI=1S/C31H50N2O5S/c1-3-4-19-33(2)28(36)12-8-6-10-21-39(37)20-9-5-7-11-26-17-18-30(23-34)22-31(26,32)29(38-24-30)25-13-15-27(35)16-14-25/h13-17,29,34-35H,3-12,18-24,32H2,1-2H3. The molecule has 0 aromatic heterocycles. The molecule has 4 unspecified atom stereocenters. The minimum atomic E-state index is -0.810. The van der Waals surface area contributed by atoms with Crippen LogP contribution in [0.1, 0.15) is 95.6 Å². The van der Waals surface area contributed by atoms with Crippen molar-refractivity contribution in [3.63, 3.8) is 0 Å². The number of allylic oxidation sites excluding steroid dienone is 1. The van der Waals surface area contributed by atoms with Gasteiger partial charge in [0.1, 0.15) is 11.9 Å². The van der Waals surface area contributed by atoms with Gasteiger partial charge in [0.25, 0.3) is 0 Å². The van der Waals surface area contributed by atoms with Crippen LogP contribution in [0.15, 0.2) is 35.9 Å². The Morgan fingerprint density at radius 1 is 1.10 bits per heavy atom. The van der Waals surface area contributed by atoms with Crippen LogP contribution < -0.4 is 5.73 Å². The third-order valence-electron chi connectivity index (χ3n) is 8.46. The van der Waals surface area contributed by atoms with Gasteiger partial charge in [0.15, 0.2) is 0 Å². The lowest BCUT2D eigenvalue weighted by atomic mass is 9.61. The lowest BCUT2D eigenvalue weighted by Crippen LogP contribution is -2.60. The topological polar surface area (TPSA) is 113 Å². The fraction of sp³-hybridized carbons (Fsp3) is 0.710. The number of aromatic hydroxyl groups is 1. The van der Waals surface area contributed by atoms with Gasteiger partial charge in [-0.05, 0) is 69.1 Å².